The number of aryl methyl sites for hydroxylation is 2. The summed E-state index contributed by atoms with van der Waals surface area (Å²) in [7, 11) is 0. The molecule has 0 spiro atoms. The number of hydrogen-bond donors (Lipinski definition) is 0. The Morgan fingerprint density at radius 1 is 1.14 bits per heavy atom. The van der Waals surface area contributed by atoms with Crippen molar-refractivity contribution in [1.29, 1.82) is 0 Å². The van der Waals surface area contributed by atoms with Gasteiger partial charge in [0.15, 0.2) is 0 Å². The quantitative estimate of drug-likeness (QED) is 0.615. The minimum absolute atomic E-state index is 0.559. The standard InChI is InChI=1S/C15H15N3OS3/c1-9-13(22-10(2)16-9)14-17-18-15(19-14)21-8-11-4-6-12(20-3)7-5-11/h4-7H,8H2,1-3H3. The predicted octanol–water partition coefficient (Wildman–Crippen LogP) is 4.82. The Morgan fingerprint density at radius 3 is 2.55 bits per heavy atom. The molecule has 0 amide bonds. The van der Waals surface area contributed by atoms with E-state index >= 15 is 0 Å². The second-order valence-corrected chi connectivity index (χ2v) is 7.67. The van der Waals surface area contributed by atoms with Crippen molar-refractivity contribution in [2.45, 2.75) is 29.7 Å². The van der Waals surface area contributed by atoms with Crippen molar-refractivity contribution in [2.24, 2.45) is 0 Å². The van der Waals surface area contributed by atoms with Gasteiger partial charge in [-0.2, -0.15) is 0 Å². The molecule has 1 aromatic carbocycles. The maximum absolute atomic E-state index is 5.74. The molecule has 0 fully saturated rings. The highest BCUT2D eigenvalue weighted by molar-refractivity contribution is 7.98. The highest BCUT2D eigenvalue weighted by atomic mass is 32.2. The molecule has 0 aliphatic rings. The van der Waals surface area contributed by atoms with Crippen LogP contribution in [-0.2, 0) is 5.75 Å². The van der Waals surface area contributed by atoms with Gasteiger partial charge in [-0.15, -0.1) is 33.3 Å². The second kappa shape index (κ2) is 6.85. The summed E-state index contributed by atoms with van der Waals surface area (Å²) in [6, 6.07) is 8.52. The minimum atomic E-state index is 0.559. The van der Waals surface area contributed by atoms with E-state index in [0.29, 0.717) is 11.1 Å². The average molecular weight is 350 g/mol. The lowest BCUT2D eigenvalue weighted by atomic mass is 10.2. The first-order valence-electron chi connectivity index (χ1n) is 6.69. The fourth-order valence-corrected chi connectivity index (χ4v) is 3.92. The van der Waals surface area contributed by atoms with Gasteiger partial charge in [0.1, 0.15) is 4.88 Å². The molecule has 114 valence electrons. The van der Waals surface area contributed by atoms with E-state index in [1.165, 1.54) is 10.5 Å². The summed E-state index contributed by atoms with van der Waals surface area (Å²) in [6.45, 7) is 3.94. The summed E-state index contributed by atoms with van der Waals surface area (Å²) in [6.07, 6.45) is 2.08. The molecule has 0 aliphatic heterocycles. The molecular weight excluding hydrogens is 334 g/mol. The number of thioether (sulfide) groups is 2. The van der Waals surface area contributed by atoms with Gasteiger partial charge in [0.05, 0.1) is 10.7 Å². The zero-order chi connectivity index (χ0) is 15.5. The fourth-order valence-electron chi connectivity index (χ4n) is 1.96. The maximum Gasteiger partial charge on any atom is 0.277 e. The van der Waals surface area contributed by atoms with Crippen LogP contribution in [0.4, 0.5) is 0 Å². The number of benzene rings is 1. The van der Waals surface area contributed by atoms with E-state index in [0.717, 1.165) is 21.3 Å². The monoisotopic (exact) mass is 349 g/mol. The van der Waals surface area contributed by atoms with Crippen LogP contribution in [0, 0.1) is 13.8 Å². The number of thiazole rings is 1. The van der Waals surface area contributed by atoms with Crippen molar-refractivity contribution in [3.05, 3.63) is 40.5 Å². The van der Waals surface area contributed by atoms with Crippen LogP contribution in [0.25, 0.3) is 10.8 Å². The topological polar surface area (TPSA) is 51.8 Å². The predicted molar refractivity (Wildman–Crippen MR) is 92.7 cm³/mol. The van der Waals surface area contributed by atoms with Gasteiger partial charge < -0.3 is 4.42 Å². The molecule has 0 saturated heterocycles. The lowest BCUT2D eigenvalue weighted by Crippen LogP contribution is -1.80. The molecule has 2 heterocycles. The van der Waals surface area contributed by atoms with Gasteiger partial charge in [0, 0.05) is 10.6 Å². The molecule has 4 nitrogen and oxygen atoms in total. The molecule has 0 bridgehead atoms. The van der Waals surface area contributed by atoms with Crippen LogP contribution in [0.15, 0.2) is 38.8 Å². The van der Waals surface area contributed by atoms with E-state index in [2.05, 4.69) is 45.7 Å². The van der Waals surface area contributed by atoms with Crippen molar-refractivity contribution in [3.63, 3.8) is 0 Å². The Balaban J connectivity index is 1.67. The lowest BCUT2D eigenvalue weighted by molar-refractivity contribution is 0.466. The first-order valence-corrected chi connectivity index (χ1v) is 9.72. The molecule has 22 heavy (non-hydrogen) atoms. The van der Waals surface area contributed by atoms with Gasteiger partial charge in [-0.1, -0.05) is 23.9 Å². The van der Waals surface area contributed by atoms with Crippen molar-refractivity contribution < 1.29 is 4.42 Å². The Kier molecular flexibility index (Phi) is 4.85. The van der Waals surface area contributed by atoms with Gasteiger partial charge in [-0.05, 0) is 37.8 Å². The van der Waals surface area contributed by atoms with Crippen LogP contribution < -0.4 is 0 Å². The second-order valence-electron chi connectivity index (χ2n) is 4.66. The summed E-state index contributed by atoms with van der Waals surface area (Å²) in [4.78, 5) is 6.62. The molecule has 0 atom stereocenters. The summed E-state index contributed by atoms with van der Waals surface area (Å²) < 4.78 is 5.74. The zero-order valence-electron chi connectivity index (χ0n) is 12.5. The molecule has 7 heteroatoms. The van der Waals surface area contributed by atoms with Crippen LogP contribution in [0.3, 0.4) is 0 Å². The molecule has 0 saturated carbocycles. The van der Waals surface area contributed by atoms with Crippen LogP contribution >= 0.6 is 34.9 Å². The van der Waals surface area contributed by atoms with Crippen LogP contribution in [-0.4, -0.2) is 21.4 Å². The van der Waals surface area contributed by atoms with Gasteiger partial charge in [0.2, 0.25) is 0 Å². The molecule has 3 rings (SSSR count). The van der Waals surface area contributed by atoms with Gasteiger partial charge in [-0.3, -0.25) is 0 Å². The van der Waals surface area contributed by atoms with Gasteiger partial charge in [-0.25, -0.2) is 4.98 Å². The fraction of sp³-hybridized carbons (Fsp3) is 0.267. The summed E-state index contributed by atoms with van der Waals surface area (Å²) in [5, 5.41) is 9.84. The highest BCUT2D eigenvalue weighted by Gasteiger charge is 2.15. The normalized spacial score (nSPS) is 11.0. The highest BCUT2D eigenvalue weighted by Crippen LogP contribution is 2.31. The van der Waals surface area contributed by atoms with E-state index in [4.69, 9.17) is 4.42 Å². The Labute approximate surface area is 141 Å². The summed E-state index contributed by atoms with van der Waals surface area (Å²) in [5.41, 5.74) is 2.18. The van der Waals surface area contributed by atoms with Crippen LogP contribution in [0.2, 0.25) is 0 Å². The van der Waals surface area contributed by atoms with Gasteiger partial charge in [0.25, 0.3) is 11.1 Å². The van der Waals surface area contributed by atoms with Crippen LogP contribution in [0.1, 0.15) is 16.3 Å². The molecule has 0 aliphatic carbocycles. The number of hydrogen-bond acceptors (Lipinski definition) is 7. The zero-order valence-corrected chi connectivity index (χ0v) is 14.9. The molecule has 2 aromatic heterocycles. The lowest BCUT2D eigenvalue weighted by Gasteiger charge is -2.00. The number of rotatable bonds is 5. The van der Waals surface area contributed by atoms with E-state index in [-0.39, 0.29) is 0 Å². The third-order valence-corrected chi connectivity index (χ3v) is 5.72. The van der Waals surface area contributed by atoms with E-state index < -0.39 is 0 Å². The van der Waals surface area contributed by atoms with Gasteiger partial charge >= 0.3 is 0 Å². The SMILES string of the molecule is CSc1ccc(CSc2nnc(-c3sc(C)nc3C)o2)cc1. The molecule has 0 unspecified atom stereocenters. The Morgan fingerprint density at radius 2 is 1.91 bits per heavy atom. The summed E-state index contributed by atoms with van der Waals surface area (Å²) in [5.74, 6) is 1.38. The Bertz CT molecular complexity index is 765. The van der Waals surface area contributed by atoms with E-state index in [1.807, 2.05) is 13.8 Å². The maximum atomic E-state index is 5.74. The third-order valence-electron chi connectivity index (χ3n) is 3.03. The number of aromatic nitrogens is 3. The van der Waals surface area contributed by atoms with E-state index in [9.17, 15) is 0 Å². The summed E-state index contributed by atoms with van der Waals surface area (Å²) >= 11 is 4.88. The molecule has 0 radical (unpaired) electrons. The largest absolute Gasteiger partial charge is 0.410 e. The smallest absolute Gasteiger partial charge is 0.277 e. The van der Waals surface area contributed by atoms with Crippen molar-refractivity contribution in [1.82, 2.24) is 15.2 Å². The first kappa shape index (κ1) is 15.6. The molecule has 0 N–H and O–H groups in total. The van der Waals surface area contributed by atoms with Crippen LogP contribution in [0.5, 0.6) is 0 Å². The van der Waals surface area contributed by atoms with Crippen molar-refractivity contribution in [3.8, 4) is 10.8 Å². The Hall–Kier alpha value is -1.31. The first-order chi connectivity index (χ1) is 10.7. The molecular formula is C15H15N3OS3. The average Bonchev–Trinajstić information content (AvgIpc) is 3.12. The third kappa shape index (κ3) is 3.53. The number of nitrogens with zero attached hydrogens (tertiary/aromatic N) is 3. The van der Waals surface area contributed by atoms with Crippen molar-refractivity contribution >= 4 is 34.9 Å². The van der Waals surface area contributed by atoms with E-state index in [1.54, 1.807) is 34.9 Å². The van der Waals surface area contributed by atoms with Crippen molar-refractivity contribution in [2.75, 3.05) is 6.26 Å². The molecule has 3 aromatic rings. The minimum Gasteiger partial charge on any atom is -0.410 e.